The SMILES string of the molecule is CC1CCCC1(O)C1NCCc2ccccc21. The molecule has 0 bridgehead atoms. The normalized spacial score (nSPS) is 36.8. The van der Waals surface area contributed by atoms with Crippen molar-refractivity contribution in [2.24, 2.45) is 5.92 Å². The predicted octanol–water partition coefficient (Wildman–Crippen LogP) is 2.42. The van der Waals surface area contributed by atoms with E-state index in [0.717, 1.165) is 32.2 Å². The Morgan fingerprint density at radius 2 is 2.18 bits per heavy atom. The van der Waals surface area contributed by atoms with Crippen molar-refractivity contribution in [2.45, 2.75) is 44.2 Å². The average Bonchev–Trinajstić information content (AvgIpc) is 2.70. The van der Waals surface area contributed by atoms with Crippen molar-refractivity contribution in [1.29, 1.82) is 0 Å². The van der Waals surface area contributed by atoms with E-state index in [1.165, 1.54) is 11.1 Å². The minimum absolute atomic E-state index is 0.130. The molecule has 1 heterocycles. The van der Waals surface area contributed by atoms with Gasteiger partial charge in [-0.05, 0) is 42.9 Å². The molecule has 1 saturated carbocycles. The van der Waals surface area contributed by atoms with Gasteiger partial charge in [0.05, 0.1) is 11.6 Å². The fourth-order valence-electron chi connectivity index (χ4n) is 3.57. The van der Waals surface area contributed by atoms with Crippen LogP contribution in [-0.2, 0) is 6.42 Å². The molecule has 2 aliphatic rings. The van der Waals surface area contributed by atoms with Crippen molar-refractivity contribution in [1.82, 2.24) is 5.32 Å². The molecular weight excluding hydrogens is 210 g/mol. The van der Waals surface area contributed by atoms with Crippen LogP contribution < -0.4 is 5.32 Å². The molecule has 1 aliphatic heterocycles. The monoisotopic (exact) mass is 231 g/mol. The second kappa shape index (κ2) is 4.11. The van der Waals surface area contributed by atoms with Crippen LogP contribution >= 0.6 is 0 Å². The van der Waals surface area contributed by atoms with E-state index in [0.29, 0.717) is 5.92 Å². The average molecular weight is 231 g/mol. The summed E-state index contributed by atoms with van der Waals surface area (Å²) in [6.45, 7) is 3.17. The van der Waals surface area contributed by atoms with Crippen LogP contribution in [0.5, 0.6) is 0 Å². The lowest BCUT2D eigenvalue weighted by atomic mass is 9.78. The van der Waals surface area contributed by atoms with Crippen LogP contribution in [-0.4, -0.2) is 17.3 Å². The van der Waals surface area contributed by atoms with E-state index in [4.69, 9.17) is 0 Å². The molecule has 0 saturated heterocycles. The minimum Gasteiger partial charge on any atom is -0.388 e. The lowest BCUT2D eigenvalue weighted by molar-refractivity contribution is -0.0298. The van der Waals surface area contributed by atoms with Gasteiger partial charge in [-0.15, -0.1) is 0 Å². The lowest BCUT2D eigenvalue weighted by Crippen LogP contribution is -2.48. The Morgan fingerprint density at radius 3 is 2.94 bits per heavy atom. The summed E-state index contributed by atoms with van der Waals surface area (Å²) in [7, 11) is 0. The van der Waals surface area contributed by atoms with Crippen LogP contribution in [0.25, 0.3) is 0 Å². The Kier molecular flexibility index (Phi) is 2.72. The topological polar surface area (TPSA) is 32.3 Å². The zero-order valence-electron chi connectivity index (χ0n) is 10.4. The molecule has 1 aromatic rings. The fourth-order valence-corrected chi connectivity index (χ4v) is 3.57. The quantitative estimate of drug-likeness (QED) is 0.778. The minimum atomic E-state index is -0.545. The largest absolute Gasteiger partial charge is 0.388 e. The highest BCUT2D eigenvalue weighted by Crippen LogP contribution is 2.45. The van der Waals surface area contributed by atoms with Crippen LogP contribution in [0.15, 0.2) is 24.3 Å². The molecule has 2 nitrogen and oxygen atoms in total. The first-order chi connectivity index (χ1) is 8.22. The predicted molar refractivity (Wildman–Crippen MR) is 68.9 cm³/mol. The van der Waals surface area contributed by atoms with Crippen LogP contribution in [0.2, 0.25) is 0 Å². The number of hydrogen-bond donors (Lipinski definition) is 2. The Hall–Kier alpha value is -0.860. The van der Waals surface area contributed by atoms with E-state index in [9.17, 15) is 5.11 Å². The standard InChI is InChI=1S/C15H21NO/c1-11-5-4-9-15(11,17)14-13-7-3-2-6-12(13)8-10-16-14/h2-3,6-7,11,14,16-17H,4-5,8-10H2,1H3. The molecular formula is C15H21NO. The maximum absolute atomic E-state index is 11.0. The lowest BCUT2D eigenvalue weighted by Gasteiger charge is -2.40. The van der Waals surface area contributed by atoms with Crippen LogP contribution in [0.1, 0.15) is 43.4 Å². The van der Waals surface area contributed by atoms with E-state index in [1.54, 1.807) is 0 Å². The third-order valence-electron chi connectivity index (χ3n) is 4.68. The van der Waals surface area contributed by atoms with Gasteiger partial charge < -0.3 is 10.4 Å². The molecule has 3 atom stereocenters. The molecule has 1 fully saturated rings. The molecule has 1 aliphatic carbocycles. The number of aliphatic hydroxyl groups is 1. The van der Waals surface area contributed by atoms with Gasteiger partial charge in [0.1, 0.15) is 0 Å². The number of hydrogen-bond acceptors (Lipinski definition) is 2. The van der Waals surface area contributed by atoms with Gasteiger partial charge >= 0.3 is 0 Å². The Balaban J connectivity index is 2.00. The summed E-state index contributed by atoms with van der Waals surface area (Å²) in [4.78, 5) is 0. The first-order valence-corrected chi connectivity index (χ1v) is 6.75. The van der Waals surface area contributed by atoms with E-state index in [1.807, 2.05) is 0 Å². The maximum atomic E-state index is 11.0. The third kappa shape index (κ3) is 1.71. The summed E-state index contributed by atoms with van der Waals surface area (Å²) in [6.07, 6.45) is 4.31. The Bertz CT molecular complexity index is 417. The highest BCUT2D eigenvalue weighted by Gasteiger charge is 2.46. The summed E-state index contributed by atoms with van der Waals surface area (Å²) in [5, 5.41) is 14.5. The van der Waals surface area contributed by atoms with Gasteiger partial charge in [0, 0.05) is 0 Å². The molecule has 17 heavy (non-hydrogen) atoms. The highest BCUT2D eigenvalue weighted by molar-refractivity contribution is 5.35. The van der Waals surface area contributed by atoms with Crippen molar-refractivity contribution < 1.29 is 5.11 Å². The molecule has 0 amide bonds. The van der Waals surface area contributed by atoms with Crippen molar-refractivity contribution in [3.05, 3.63) is 35.4 Å². The van der Waals surface area contributed by atoms with Gasteiger partial charge in [0.2, 0.25) is 0 Å². The summed E-state index contributed by atoms with van der Waals surface area (Å²) in [6, 6.07) is 8.69. The van der Waals surface area contributed by atoms with Crippen LogP contribution in [0, 0.1) is 5.92 Å². The molecule has 3 unspecified atom stereocenters. The first kappa shape index (κ1) is 11.2. The number of benzene rings is 1. The van der Waals surface area contributed by atoms with E-state index in [-0.39, 0.29) is 6.04 Å². The zero-order chi connectivity index (χ0) is 11.9. The molecule has 2 heteroatoms. The molecule has 2 N–H and O–H groups in total. The van der Waals surface area contributed by atoms with E-state index >= 15 is 0 Å². The Morgan fingerprint density at radius 1 is 1.35 bits per heavy atom. The molecule has 0 aromatic heterocycles. The van der Waals surface area contributed by atoms with Gasteiger partial charge in [0.15, 0.2) is 0 Å². The molecule has 92 valence electrons. The van der Waals surface area contributed by atoms with Gasteiger partial charge in [0.25, 0.3) is 0 Å². The second-order valence-corrected chi connectivity index (χ2v) is 5.62. The molecule has 3 rings (SSSR count). The summed E-state index contributed by atoms with van der Waals surface area (Å²) in [5.41, 5.74) is 2.18. The maximum Gasteiger partial charge on any atom is 0.0867 e. The number of fused-ring (bicyclic) bond motifs is 1. The van der Waals surface area contributed by atoms with Gasteiger partial charge in [-0.1, -0.05) is 37.6 Å². The zero-order valence-corrected chi connectivity index (χ0v) is 10.4. The summed E-state index contributed by atoms with van der Waals surface area (Å²) < 4.78 is 0. The number of nitrogens with one attached hydrogen (secondary N) is 1. The second-order valence-electron chi connectivity index (χ2n) is 5.62. The van der Waals surface area contributed by atoms with E-state index < -0.39 is 5.60 Å². The number of rotatable bonds is 1. The first-order valence-electron chi connectivity index (χ1n) is 6.75. The van der Waals surface area contributed by atoms with Gasteiger partial charge in [-0.3, -0.25) is 0 Å². The fraction of sp³-hybridized carbons (Fsp3) is 0.600. The summed E-state index contributed by atoms with van der Waals surface area (Å²) in [5.74, 6) is 0.395. The summed E-state index contributed by atoms with van der Waals surface area (Å²) >= 11 is 0. The van der Waals surface area contributed by atoms with Gasteiger partial charge in [-0.2, -0.15) is 0 Å². The smallest absolute Gasteiger partial charge is 0.0867 e. The van der Waals surface area contributed by atoms with Crippen LogP contribution in [0.3, 0.4) is 0 Å². The molecule has 0 spiro atoms. The Labute approximate surface area is 103 Å². The van der Waals surface area contributed by atoms with Gasteiger partial charge in [-0.25, -0.2) is 0 Å². The highest BCUT2D eigenvalue weighted by atomic mass is 16.3. The molecule has 1 aromatic carbocycles. The van der Waals surface area contributed by atoms with E-state index in [2.05, 4.69) is 36.5 Å². The van der Waals surface area contributed by atoms with Crippen molar-refractivity contribution in [3.8, 4) is 0 Å². The molecule has 0 radical (unpaired) electrons. The van der Waals surface area contributed by atoms with Crippen LogP contribution in [0.4, 0.5) is 0 Å². The van der Waals surface area contributed by atoms with Crippen molar-refractivity contribution in [2.75, 3.05) is 6.54 Å². The van der Waals surface area contributed by atoms with Crippen molar-refractivity contribution in [3.63, 3.8) is 0 Å². The van der Waals surface area contributed by atoms with Crippen molar-refractivity contribution >= 4 is 0 Å². The third-order valence-corrected chi connectivity index (χ3v) is 4.68.